The van der Waals surface area contributed by atoms with Gasteiger partial charge in [-0.05, 0) is 46.2 Å². The zero-order valence-corrected chi connectivity index (χ0v) is 9.46. The van der Waals surface area contributed by atoms with Crippen LogP contribution < -0.4 is 0 Å². The standard InChI is InChI=1S/C11H22N2O/c1-13(2)9-6-10-14-12-11-7-4-3-5-8-11/h3-10H2,1-2H3. The number of oxime groups is 1. The lowest BCUT2D eigenvalue weighted by Gasteiger charge is -2.12. The fraction of sp³-hybridized carbons (Fsp3) is 0.909. The summed E-state index contributed by atoms with van der Waals surface area (Å²) in [4.78, 5) is 7.45. The molecule has 0 unspecified atom stereocenters. The molecule has 0 aromatic rings. The van der Waals surface area contributed by atoms with Crippen molar-refractivity contribution in [3.8, 4) is 0 Å². The van der Waals surface area contributed by atoms with E-state index in [-0.39, 0.29) is 0 Å². The highest BCUT2D eigenvalue weighted by molar-refractivity contribution is 5.84. The van der Waals surface area contributed by atoms with E-state index in [9.17, 15) is 0 Å². The van der Waals surface area contributed by atoms with Gasteiger partial charge in [-0.15, -0.1) is 0 Å². The van der Waals surface area contributed by atoms with Crippen LogP contribution in [-0.4, -0.2) is 37.9 Å². The van der Waals surface area contributed by atoms with Gasteiger partial charge in [-0.2, -0.15) is 0 Å². The van der Waals surface area contributed by atoms with Crippen LogP contribution in [0, 0.1) is 0 Å². The number of nitrogens with zero attached hydrogens (tertiary/aromatic N) is 2. The summed E-state index contributed by atoms with van der Waals surface area (Å²) >= 11 is 0. The Hall–Kier alpha value is -0.570. The molecule has 1 aliphatic rings. The van der Waals surface area contributed by atoms with Gasteiger partial charge in [-0.3, -0.25) is 0 Å². The fourth-order valence-electron chi connectivity index (χ4n) is 1.63. The Kier molecular flexibility index (Phi) is 5.60. The molecule has 1 fully saturated rings. The average molecular weight is 198 g/mol. The lowest BCUT2D eigenvalue weighted by atomic mass is 9.99. The van der Waals surface area contributed by atoms with E-state index >= 15 is 0 Å². The Labute approximate surface area is 87.1 Å². The second kappa shape index (κ2) is 6.82. The minimum atomic E-state index is 0.752. The predicted molar refractivity (Wildman–Crippen MR) is 59.6 cm³/mol. The Morgan fingerprint density at radius 2 is 1.93 bits per heavy atom. The molecule has 0 atom stereocenters. The minimum absolute atomic E-state index is 0.752. The van der Waals surface area contributed by atoms with Crippen LogP contribution in [0.15, 0.2) is 5.16 Å². The molecule has 0 heterocycles. The van der Waals surface area contributed by atoms with Gasteiger partial charge in [0.2, 0.25) is 0 Å². The zero-order chi connectivity index (χ0) is 10.2. The van der Waals surface area contributed by atoms with Crippen LogP contribution in [0.3, 0.4) is 0 Å². The molecule has 0 N–H and O–H groups in total. The van der Waals surface area contributed by atoms with Gasteiger partial charge >= 0.3 is 0 Å². The van der Waals surface area contributed by atoms with Gasteiger partial charge in [0.1, 0.15) is 6.61 Å². The van der Waals surface area contributed by atoms with Crippen LogP contribution in [0.4, 0.5) is 0 Å². The molecule has 0 aliphatic heterocycles. The maximum Gasteiger partial charge on any atom is 0.118 e. The normalized spacial score (nSPS) is 17.2. The van der Waals surface area contributed by atoms with Crippen molar-refractivity contribution in [2.24, 2.45) is 5.16 Å². The highest BCUT2D eigenvalue weighted by Crippen LogP contribution is 2.14. The minimum Gasteiger partial charge on any atom is -0.396 e. The fourth-order valence-corrected chi connectivity index (χ4v) is 1.63. The number of rotatable bonds is 5. The Balaban J connectivity index is 2.01. The first kappa shape index (κ1) is 11.5. The maximum atomic E-state index is 5.28. The molecule has 14 heavy (non-hydrogen) atoms. The van der Waals surface area contributed by atoms with Gasteiger partial charge in [-0.1, -0.05) is 11.6 Å². The molecule has 1 rings (SSSR count). The van der Waals surface area contributed by atoms with Crippen LogP contribution in [0.1, 0.15) is 38.5 Å². The van der Waals surface area contributed by atoms with E-state index in [4.69, 9.17) is 4.84 Å². The molecule has 1 saturated carbocycles. The number of hydrogen-bond donors (Lipinski definition) is 0. The molecule has 0 aromatic heterocycles. The SMILES string of the molecule is CN(C)CCCON=C1CCCCC1. The van der Waals surface area contributed by atoms with Crippen molar-refractivity contribution in [2.75, 3.05) is 27.2 Å². The summed E-state index contributed by atoms with van der Waals surface area (Å²) in [5, 5.41) is 4.18. The van der Waals surface area contributed by atoms with Crippen molar-refractivity contribution in [3.05, 3.63) is 0 Å². The highest BCUT2D eigenvalue weighted by atomic mass is 16.6. The summed E-state index contributed by atoms with van der Waals surface area (Å²) in [7, 11) is 4.15. The molecular weight excluding hydrogens is 176 g/mol. The largest absolute Gasteiger partial charge is 0.396 e. The first-order chi connectivity index (χ1) is 6.79. The molecule has 0 spiro atoms. The summed E-state index contributed by atoms with van der Waals surface area (Å²) in [5.74, 6) is 0. The first-order valence-corrected chi connectivity index (χ1v) is 5.61. The summed E-state index contributed by atoms with van der Waals surface area (Å²) < 4.78 is 0. The van der Waals surface area contributed by atoms with E-state index in [0.717, 1.165) is 32.4 Å². The molecule has 3 nitrogen and oxygen atoms in total. The summed E-state index contributed by atoms with van der Waals surface area (Å²) in [6, 6.07) is 0. The maximum absolute atomic E-state index is 5.28. The van der Waals surface area contributed by atoms with Gasteiger partial charge in [0.25, 0.3) is 0 Å². The van der Waals surface area contributed by atoms with Crippen LogP contribution in [0.2, 0.25) is 0 Å². The molecule has 82 valence electrons. The van der Waals surface area contributed by atoms with Gasteiger partial charge < -0.3 is 9.74 Å². The van der Waals surface area contributed by atoms with Gasteiger partial charge in [0.15, 0.2) is 0 Å². The molecular formula is C11H22N2O. The molecule has 0 saturated heterocycles. The molecule has 3 heteroatoms. The van der Waals surface area contributed by atoms with E-state index in [1.54, 1.807) is 0 Å². The first-order valence-electron chi connectivity index (χ1n) is 5.61. The topological polar surface area (TPSA) is 24.8 Å². The van der Waals surface area contributed by atoms with Gasteiger partial charge in [-0.25, -0.2) is 0 Å². The third-order valence-electron chi connectivity index (χ3n) is 2.47. The van der Waals surface area contributed by atoms with Crippen molar-refractivity contribution in [2.45, 2.75) is 38.5 Å². The molecule has 0 aromatic carbocycles. The molecule has 1 aliphatic carbocycles. The molecule has 0 amide bonds. The third kappa shape index (κ3) is 5.22. The van der Waals surface area contributed by atoms with Crippen molar-refractivity contribution < 1.29 is 4.84 Å². The predicted octanol–water partition coefficient (Wildman–Crippen LogP) is 2.27. The highest BCUT2D eigenvalue weighted by Gasteiger charge is 2.06. The van der Waals surface area contributed by atoms with Crippen LogP contribution >= 0.6 is 0 Å². The third-order valence-corrected chi connectivity index (χ3v) is 2.47. The molecule has 0 radical (unpaired) electrons. The number of hydrogen-bond acceptors (Lipinski definition) is 3. The van der Waals surface area contributed by atoms with Gasteiger partial charge in [0, 0.05) is 6.54 Å². The summed E-state index contributed by atoms with van der Waals surface area (Å²) in [6.45, 7) is 1.83. The zero-order valence-electron chi connectivity index (χ0n) is 9.46. The van der Waals surface area contributed by atoms with E-state index < -0.39 is 0 Å². The van der Waals surface area contributed by atoms with Crippen molar-refractivity contribution in [3.63, 3.8) is 0 Å². The Bertz CT molecular complexity index is 170. The lowest BCUT2D eigenvalue weighted by molar-refractivity contribution is 0.133. The van der Waals surface area contributed by atoms with Crippen molar-refractivity contribution >= 4 is 5.71 Å². The van der Waals surface area contributed by atoms with Crippen LogP contribution in [0.25, 0.3) is 0 Å². The summed E-state index contributed by atoms with van der Waals surface area (Å²) in [5.41, 5.74) is 1.26. The summed E-state index contributed by atoms with van der Waals surface area (Å²) in [6.07, 6.45) is 7.30. The Morgan fingerprint density at radius 3 is 2.57 bits per heavy atom. The van der Waals surface area contributed by atoms with E-state index in [0.29, 0.717) is 0 Å². The van der Waals surface area contributed by atoms with E-state index in [1.165, 1.54) is 25.0 Å². The van der Waals surface area contributed by atoms with Crippen LogP contribution in [-0.2, 0) is 4.84 Å². The Morgan fingerprint density at radius 1 is 1.21 bits per heavy atom. The van der Waals surface area contributed by atoms with Crippen molar-refractivity contribution in [1.29, 1.82) is 0 Å². The smallest absolute Gasteiger partial charge is 0.118 e. The van der Waals surface area contributed by atoms with E-state index in [2.05, 4.69) is 24.2 Å². The molecule has 0 bridgehead atoms. The monoisotopic (exact) mass is 198 g/mol. The second-order valence-corrected chi connectivity index (χ2v) is 4.21. The van der Waals surface area contributed by atoms with Gasteiger partial charge in [0.05, 0.1) is 5.71 Å². The second-order valence-electron chi connectivity index (χ2n) is 4.21. The van der Waals surface area contributed by atoms with Crippen molar-refractivity contribution in [1.82, 2.24) is 4.90 Å². The quantitative estimate of drug-likeness (QED) is 0.500. The van der Waals surface area contributed by atoms with E-state index in [1.807, 2.05) is 0 Å². The lowest BCUT2D eigenvalue weighted by Crippen LogP contribution is -2.14. The van der Waals surface area contributed by atoms with Crippen LogP contribution in [0.5, 0.6) is 0 Å². The average Bonchev–Trinajstić information content (AvgIpc) is 2.18.